The Morgan fingerprint density at radius 3 is 2.57 bits per heavy atom. The van der Waals surface area contributed by atoms with Crippen LogP contribution in [0, 0.1) is 0 Å². The predicted molar refractivity (Wildman–Crippen MR) is 111 cm³/mol. The quantitative estimate of drug-likeness (QED) is 0.739. The maximum absolute atomic E-state index is 13.0. The first kappa shape index (κ1) is 19.9. The molecule has 0 bridgehead atoms. The van der Waals surface area contributed by atoms with Crippen LogP contribution < -0.4 is 10.6 Å². The molecule has 3 amide bonds. The highest BCUT2D eigenvalue weighted by molar-refractivity contribution is 6.33. The summed E-state index contributed by atoms with van der Waals surface area (Å²) in [7, 11) is 0. The molecule has 4 rings (SSSR count). The lowest BCUT2D eigenvalue weighted by Gasteiger charge is -2.31. The maximum Gasteiger partial charge on any atom is 0.270 e. The number of hydrogen-bond donors (Lipinski definition) is 1. The number of nitrogens with two attached hydrogens (primary N) is 1. The highest BCUT2D eigenvalue weighted by atomic mass is 35.5. The Hall–Kier alpha value is -3.39. The number of benzene rings is 2. The second kappa shape index (κ2) is 8.16. The third-order valence-corrected chi connectivity index (χ3v) is 5.33. The van der Waals surface area contributed by atoms with E-state index in [4.69, 9.17) is 22.2 Å². The SMILES string of the molecule is NC(=O)CN1C(=O)c2ccccc2/C1=N\OC1CCCN(c2ccccc2Cl)C1=O. The van der Waals surface area contributed by atoms with E-state index in [2.05, 4.69) is 5.16 Å². The van der Waals surface area contributed by atoms with Gasteiger partial charge in [-0.15, -0.1) is 0 Å². The van der Waals surface area contributed by atoms with E-state index in [1.54, 1.807) is 47.4 Å². The molecule has 2 heterocycles. The summed E-state index contributed by atoms with van der Waals surface area (Å²) in [5, 5.41) is 4.58. The Labute approximate surface area is 177 Å². The second-order valence-electron chi connectivity index (χ2n) is 7.00. The van der Waals surface area contributed by atoms with Gasteiger partial charge in [0.15, 0.2) is 5.84 Å². The van der Waals surface area contributed by atoms with E-state index < -0.39 is 12.0 Å². The van der Waals surface area contributed by atoms with Crippen LogP contribution >= 0.6 is 11.6 Å². The summed E-state index contributed by atoms with van der Waals surface area (Å²) >= 11 is 6.24. The first-order valence-corrected chi connectivity index (χ1v) is 9.84. The van der Waals surface area contributed by atoms with Crippen LogP contribution in [-0.4, -0.2) is 47.7 Å². The molecule has 0 radical (unpaired) electrons. The monoisotopic (exact) mass is 426 g/mol. The van der Waals surface area contributed by atoms with Crippen LogP contribution in [0.4, 0.5) is 5.69 Å². The molecule has 1 unspecified atom stereocenters. The molecule has 0 spiro atoms. The minimum absolute atomic E-state index is 0.164. The van der Waals surface area contributed by atoms with Crippen LogP contribution in [0.25, 0.3) is 0 Å². The Morgan fingerprint density at radius 2 is 1.83 bits per heavy atom. The van der Waals surface area contributed by atoms with E-state index in [9.17, 15) is 14.4 Å². The zero-order valence-corrected chi connectivity index (χ0v) is 16.7. The van der Waals surface area contributed by atoms with Crippen LogP contribution in [0.1, 0.15) is 28.8 Å². The summed E-state index contributed by atoms with van der Waals surface area (Å²) in [6.45, 7) is 0.189. The van der Waals surface area contributed by atoms with Crippen molar-refractivity contribution in [3.8, 4) is 0 Å². The van der Waals surface area contributed by atoms with Gasteiger partial charge in [0.1, 0.15) is 6.54 Å². The van der Waals surface area contributed by atoms with Gasteiger partial charge in [-0.05, 0) is 31.0 Å². The van der Waals surface area contributed by atoms with Crippen molar-refractivity contribution >= 4 is 40.8 Å². The van der Waals surface area contributed by atoms with Gasteiger partial charge in [-0.2, -0.15) is 0 Å². The summed E-state index contributed by atoms with van der Waals surface area (Å²) in [6, 6.07) is 13.9. The highest BCUT2D eigenvalue weighted by Gasteiger charge is 2.37. The number of carbonyl (C=O) groups excluding carboxylic acids is 3. The Morgan fingerprint density at radius 1 is 1.13 bits per heavy atom. The lowest BCUT2D eigenvalue weighted by molar-refractivity contribution is -0.132. The van der Waals surface area contributed by atoms with Gasteiger partial charge in [0.05, 0.1) is 16.3 Å². The smallest absolute Gasteiger partial charge is 0.270 e. The minimum atomic E-state index is -0.833. The van der Waals surface area contributed by atoms with E-state index >= 15 is 0 Å². The van der Waals surface area contributed by atoms with Crippen molar-refractivity contribution in [2.24, 2.45) is 10.9 Å². The van der Waals surface area contributed by atoms with E-state index in [0.29, 0.717) is 41.2 Å². The second-order valence-corrected chi connectivity index (χ2v) is 7.40. The first-order chi connectivity index (χ1) is 14.5. The number of fused-ring (bicyclic) bond motifs is 1. The fourth-order valence-corrected chi connectivity index (χ4v) is 3.85. The van der Waals surface area contributed by atoms with Crippen LogP contribution in [0.3, 0.4) is 0 Å². The largest absolute Gasteiger partial charge is 0.381 e. The van der Waals surface area contributed by atoms with Gasteiger partial charge in [0.25, 0.3) is 11.8 Å². The van der Waals surface area contributed by atoms with Gasteiger partial charge in [-0.1, -0.05) is 47.1 Å². The van der Waals surface area contributed by atoms with E-state index in [0.717, 1.165) is 4.90 Å². The number of rotatable bonds is 5. The molecule has 154 valence electrons. The molecular weight excluding hydrogens is 408 g/mol. The number of primary amides is 1. The first-order valence-electron chi connectivity index (χ1n) is 9.46. The molecule has 2 aromatic rings. The standard InChI is InChI=1S/C21H19ClN4O4/c22-15-8-3-4-9-16(15)25-11-5-10-17(21(25)29)30-24-19-13-6-1-2-7-14(13)20(28)26(19)12-18(23)27/h1-4,6-9,17H,5,10-12H2,(H2,23,27)/b24-19+. The molecule has 0 aliphatic carbocycles. The van der Waals surface area contributed by atoms with E-state index in [1.165, 1.54) is 0 Å². The maximum atomic E-state index is 13.0. The van der Waals surface area contributed by atoms with Crippen molar-refractivity contribution in [1.29, 1.82) is 0 Å². The molecule has 2 N–H and O–H groups in total. The molecule has 2 aromatic carbocycles. The average molecular weight is 427 g/mol. The molecule has 8 nitrogen and oxygen atoms in total. The van der Waals surface area contributed by atoms with Crippen LogP contribution in [0.2, 0.25) is 5.02 Å². The van der Waals surface area contributed by atoms with Crippen LogP contribution in [0.15, 0.2) is 53.7 Å². The molecule has 0 saturated carbocycles. The van der Waals surface area contributed by atoms with Crippen molar-refractivity contribution in [2.75, 3.05) is 18.0 Å². The van der Waals surface area contributed by atoms with Crippen LogP contribution in [-0.2, 0) is 14.4 Å². The fourth-order valence-electron chi connectivity index (χ4n) is 3.62. The average Bonchev–Trinajstić information content (AvgIpc) is 2.99. The number of oxime groups is 1. The highest BCUT2D eigenvalue weighted by Crippen LogP contribution is 2.30. The van der Waals surface area contributed by atoms with Crippen molar-refractivity contribution < 1.29 is 19.2 Å². The van der Waals surface area contributed by atoms with Gasteiger partial charge in [0, 0.05) is 12.1 Å². The third-order valence-electron chi connectivity index (χ3n) is 5.01. The number of piperidine rings is 1. The summed E-state index contributed by atoms with van der Waals surface area (Å²) in [5.74, 6) is -1.17. The number of amidine groups is 1. The van der Waals surface area contributed by atoms with E-state index in [-0.39, 0.29) is 24.2 Å². The molecule has 30 heavy (non-hydrogen) atoms. The minimum Gasteiger partial charge on any atom is -0.381 e. The number of nitrogens with zero attached hydrogens (tertiary/aromatic N) is 3. The Balaban J connectivity index is 1.60. The Bertz CT molecular complexity index is 1050. The number of halogens is 1. The molecule has 1 fully saturated rings. The third kappa shape index (κ3) is 3.61. The fraction of sp³-hybridized carbons (Fsp3) is 0.238. The van der Waals surface area contributed by atoms with Crippen molar-refractivity contribution in [3.05, 3.63) is 64.7 Å². The molecule has 1 saturated heterocycles. The molecule has 9 heteroatoms. The summed E-state index contributed by atoms with van der Waals surface area (Å²) in [5.41, 5.74) is 6.82. The van der Waals surface area contributed by atoms with Crippen molar-refractivity contribution in [3.63, 3.8) is 0 Å². The van der Waals surface area contributed by atoms with Gasteiger partial charge < -0.3 is 15.5 Å². The number of carbonyl (C=O) groups is 3. The number of hydrogen-bond acceptors (Lipinski definition) is 5. The van der Waals surface area contributed by atoms with E-state index in [1.807, 2.05) is 6.07 Å². The number of amides is 3. The van der Waals surface area contributed by atoms with Gasteiger partial charge in [0.2, 0.25) is 12.0 Å². The molecule has 2 aliphatic rings. The number of anilines is 1. The molecular formula is C21H19ClN4O4. The molecule has 0 aromatic heterocycles. The lowest BCUT2D eigenvalue weighted by atomic mass is 10.1. The van der Waals surface area contributed by atoms with Crippen molar-refractivity contribution in [1.82, 2.24) is 4.90 Å². The lowest BCUT2D eigenvalue weighted by Crippen LogP contribution is -2.45. The number of para-hydroxylation sites is 1. The topological polar surface area (TPSA) is 105 Å². The zero-order valence-electron chi connectivity index (χ0n) is 16.0. The Kier molecular flexibility index (Phi) is 5.41. The zero-order chi connectivity index (χ0) is 21.3. The summed E-state index contributed by atoms with van der Waals surface area (Å²) < 4.78 is 0. The van der Waals surface area contributed by atoms with Gasteiger partial charge >= 0.3 is 0 Å². The summed E-state index contributed by atoms with van der Waals surface area (Å²) in [4.78, 5) is 45.4. The van der Waals surface area contributed by atoms with Crippen molar-refractivity contribution in [2.45, 2.75) is 18.9 Å². The van der Waals surface area contributed by atoms with Gasteiger partial charge in [-0.3, -0.25) is 19.3 Å². The van der Waals surface area contributed by atoms with Crippen LogP contribution in [0.5, 0.6) is 0 Å². The molecule has 2 aliphatic heterocycles. The predicted octanol–water partition coefficient (Wildman–Crippen LogP) is 2.15. The normalized spacial score (nSPS) is 19.9. The van der Waals surface area contributed by atoms with Gasteiger partial charge in [-0.25, -0.2) is 0 Å². The molecule has 1 atom stereocenters. The summed E-state index contributed by atoms with van der Waals surface area (Å²) in [6.07, 6.45) is 0.343.